The molecular formula is C7H6N6O2S2. The van der Waals surface area contributed by atoms with Gasteiger partial charge in [0.2, 0.25) is 5.82 Å². The lowest BCUT2D eigenvalue weighted by atomic mass is 10.5. The van der Waals surface area contributed by atoms with Crippen molar-refractivity contribution in [2.75, 3.05) is 5.43 Å². The number of nitrogens with one attached hydrogen (secondary N) is 1. The smallest absolute Gasteiger partial charge is 0.303 e. The molecule has 17 heavy (non-hydrogen) atoms. The molecule has 0 saturated heterocycles. The first-order valence-electron chi connectivity index (χ1n) is 4.25. The van der Waals surface area contributed by atoms with Gasteiger partial charge in [0.15, 0.2) is 9.37 Å². The number of hydrogen-bond donors (Lipinski definition) is 2. The zero-order valence-corrected chi connectivity index (χ0v) is 9.86. The van der Waals surface area contributed by atoms with Gasteiger partial charge in [-0.2, -0.15) is 0 Å². The fourth-order valence-corrected chi connectivity index (χ4v) is 2.65. The van der Waals surface area contributed by atoms with E-state index in [1.807, 2.05) is 0 Å². The number of thiazole rings is 1. The minimum Gasteiger partial charge on any atom is -0.303 e. The summed E-state index contributed by atoms with van der Waals surface area (Å²) in [6.07, 6.45) is 2.82. The number of aromatic nitrogens is 3. The zero-order valence-electron chi connectivity index (χ0n) is 8.23. The maximum Gasteiger partial charge on any atom is 0.345 e. The molecule has 0 amide bonds. The van der Waals surface area contributed by atoms with Crippen LogP contribution in [0.15, 0.2) is 27.3 Å². The van der Waals surface area contributed by atoms with Gasteiger partial charge < -0.3 is 5.43 Å². The minimum atomic E-state index is -0.578. The Hall–Kier alpha value is -1.78. The zero-order chi connectivity index (χ0) is 12.3. The lowest BCUT2D eigenvalue weighted by Crippen LogP contribution is -2.11. The van der Waals surface area contributed by atoms with Crippen LogP contribution in [0.5, 0.6) is 0 Å². The highest BCUT2D eigenvalue weighted by Gasteiger charge is 2.23. The van der Waals surface area contributed by atoms with Gasteiger partial charge in [-0.1, -0.05) is 0 Å². The number of nitrogen functional groups attached to an aromatic ring is 1. The molecular weight excluding hydrogens is 264 g/mol. The Morgan fingerprint density at radius 1 is 1.47 bits per heavy atom. The molecule has 0 radical (unpaired) electrons. The molecule has 0 fully saturated rings. The van der Waals surface area contributed by atoms with Crippen molar-refractivity contribution in [1.82, 2.24) is 15.0 Å². The van der Waals surface area contributed by atoms with Crippen LogP contribution in [-0.4, -0.2) is 19.9 Å². The fourth-order valence-electron chi connectivity index (χ4n) is 1.05. The van der Waals surface area contributed by atoms with Crippen molar-refractivity contribution >= 4 is 34.6 Å². The van der Waals surface area contributed by atoms with E-state index in [0.29, 0.717) is 4.34 Å². The van der Waals surface area contributed by atoms with E-state index in [1.165, 1.54) is 17.7 Å². The van der Waals surface area contributed by atoms with Crippen LogP contribution in [0.25, 0.3) is 0 Å². The molecule has 2 aromatic rings. The topological polar surface area (TPSA) is 120 Å². The minimum absolute atomic E-state index is 0.0240. The molecule has 3 N–H and O–H groups in total. The van der Waals surface area contributed by atoms with Gasteiger partial charge in [-0.3, -0.25) is 10.1 Å². The second kappa shape index (κ2) is 5.03. The largest absolute Gasteiger partial charge is 0.345 e. The van der Waals surface area contributed by atoms with Crippen molar-refractivity contribution in [1.29, 1.82) is 0 Å². The first-order valence-corrected chi connectivity index (χ1v) is 5.95. The summed E-state index contributed by atoms with van der Waals surface area (Å²) in [5.74, 6) is 5.14. The molecule has 0 saturated carbocycles. The lowest BCUT2D eigenvalue weighted by Gasteiger charge is -2.03. The van der Waals surface area contributed by atoms with Crippen LogP contribution in [-0.2, 0) is 0 Å². The molecule has 2 heterocycles. The molecule has 0 unspecified atom stereocenters. The number of nitrogens with two attached hydrogens (primary N) is 1. The Balaban J connectivity index is 2.42. The predicted octanol–water partition coefficient (Wildman–Crippen LogP) is 1.28. The van der Waals surface area contributed by atoms with E-state index in [9.17, 15) is 10.1 Å². The number of hydrogen-bond acceptors (Lipinski definition) is 9. The second-order valence-electron chi connectivity index (χ2n) is 2.68. The van der Waals surface area contributed by atoms with Gasteiger partial charge in [-0.05, 0) is 11.8 Å². The van der Waals surface area contributed by atoms with E-state index in [-0.39, 0.29) is 16.5 Å². The summed E-state index contributed by atoms with van der Waals surface area (Å²) in [7, 11) is 0. The van der Waals surface area contributed by atoms with Crippen molar-refractivity contribution in [2.45, 2.75) is 9.37 Å². The summed E-state index contributed by atoms with van der Waals surface area (Å²) in [5.41, 5.74) is 1.92. The summed E-state index contributed by atoms with van der Waals surface area (Å²) in [4.78, 5) is 21.9. The van der Waals surface area contributed by atoms with Gasteiger partial charge in [0.05, 0.1) is 4.92 Å². The molecule has 8 nitrogen and oxygen atoms in total. The third-order valence-corrected chi connectivity index (χ3v) is 3.58. The van der Waals surface area contributed by atoms with E-state index in [2.05, 4.69) is 20.4 Å². The van der Waals surface area contributed by atoms with Crippen molar-refractivity contribution < 1.29 is 4.92 Å². The Morgan fingerprint density at radius 2 is 2.29 bits per heavy atom. The second-order valence-corrected chi connectivity index (χ2v) is 4.81. The molecule has 0 aliphatic heterocycles. The highest BCUT2D eigenvalue weighted by Crippen LogP contribution is 2.36. The maximum absolute atomic E-state index is 10.9. The highest BCUT2D eigenvalue weighted by atomic mass is 32.2. The van der Waals surface area contributed by atoms with Crippen molar-refractivity contribution in [2.24, 2.45) is 5.84 Å². The molecule has 2 aromatic heterocycles. The number of anilines is 1. The van der Waals surface area contributed by atoms with Gasteiger partial charge in [-0.15, -0.1) is 11.3 Å². The molecule has 2 rings (SSSR count). The van der Waals surface area contributed by atoms with Gasteiger partial charge in [-0.25, -0.2) is 20.8 Å². The Bertz CT molecular complexity index is 531. The molecule has 0 spiro atoms. The standard InChI is InChI=1S/C7H6N6O2S2/c8-12-5-4(13(14)15)6(11-3-10-5)17-7-9-1-2-16-7/h1-3H,8H2,(H,10,11,12). The quantitative estimate of drug-likeness (QED) is 0.369. The molecule has 10 heteroatoms. The van der Waals surface area contributed by atoms with Crippen LogP contribution in [0, 0.1) is 10.1 Å². The molecule has 0 aromatic carbocycles. The monoisotopic (exact) mass is 270 g/mol. The summed E-state index contributed by atoms with van der Waals surface area (Å²) < 4.78 is 0.662. The maximum atomic E-state index is 10.9. The SMILES string of the molecule is NNc1ncnc(Sc2nccs2)c1[N+](=O)[O-]. The van der Waals surface area contributed by atoms with Gasteiger partial charge >= 0.3 is 5.69 Å². The molecule has 88 valence electrons. The van der Waals surface area contributed by atoms with Crippen LogP contribution in [0.4, 0.5) is 11.5 Å². The number of nitro groups is 1. The highest BCUT2D eigenvalue weighted by molar-refractivity contribution is 8.01. The van der Waals surface area contributed by atoms with Crippen LogP contribution >= 0.6 is 23.1 Å². The van der Waals surface area contributed by atoms with E-state index in [4.69, 9.17) is 5.84 Å². The average molecular weight is 270 g/mol. The summed E-state index contributed by atoms with van der Waals surface area (Å²) in [6, 6.07) is 0. The number of rotatable bonds is 4. The molecule has 0 atom stereocenters. The van der Waals surface area contributed by atoms with Crippen molar-refractivity contribution in [3.8, 4) is 0 Å². The third-order valence-electron chi connectivity index (χ3n) is 1.70. The normalized spacial score (nSPS) is 10.2. The van der Waals surface area contributed by atoms with Crippen LogP contribution in [0.2, 0.25) is 0 Å². The Labute approximate surface area is 103 Å². The summed E-state index contributed by atoms with van der Waals surface area (Å²) >= 11 is 2.47. The van der Waals surface area contributed by atoms with E-state index >= 15 is 0 Å². The first-order chi connectivity index (χ1) is 8.22. The van der Waals surface area contributed by atoms with Crippen molar-refractivity contribution in [3.05, 3.63) is 28.0 Å². The Kier molecular flexibility index (Phi) is 3.46. The van der Waals surface area contributed by atoms with Crippen LogP contribution < -0.4 is 11.3 Å². The summed E-state index contributed by atoms with van der Waals surface area (Å²) in [6.45, 7) is 0. The van der Waals surface area contributed by atoms with Crippen LogP contribution in [0.1, 0.15) is 0 Å². The molecule has 0 aliphatic carbocycles. The molecule has 0 aliphatic rings. The van der Waals surface area contributed by atoms with E-state index < -0.39 is 4.92 Å². The first kappa shape index (κ1) is 11.7. The molecule has 0 bridgehead atoms. The summed E-state index contributed by atoms with van der Waals surface area (Å²) in [5, 5.41) is 12.9. The lowest BCUT2D eigenvalue weighted by molar-refractivity contribution is -0.387. The number of hydrazine groups is 1. The third kappa shape index (κ3) is 2.49. The van der Waals surface area contributed by atoms with E-state index in [0.717, 1.165) is 11.8 Å². The van der Waals surface area contributed by atoms with Gasteiger partial charge in [0.1, 0.15) is 6.33 Å². The van der Waals surface area contributed by atoms with Gasteiger partial charge in [0.25, 0.3) is 0 Å². The van der Waals surface area contributed by atoms with Gasteiger partial charge in [0, 0.05) is 11.6 Å². The van der Waals surface area contributed by atoms with E-state index in [1.54, 1.807) is 11.6 Å². The predicted molar refractivity (Wildman–Crippen MR) is 62.7 cm³/mol. The van der Waals surface area contributed by atoms with Crippen molar-refractivity contribution in [3.63, 3.8) is 0 Å². The number of nitrogens with zero attached hydrogens (tertiary/aromatic N) is 4. The van der Waals surface area contributed by atoms with Crippen LogP contribution in [0.3, 0.4) is 0 Å². The average Bonchev–Trinajstić information content (AvgIpc) is 2.81. The fraction of sp³-hybridized carbons (Fsp3) is 0. The Morgan fingerprint density at radius 3 is 2.88 bits per heavy atom.